The van der Waals surface area contributed by atoms with Gasteiger partial charge in [0.2, 0.25) is 5.91 Å². The van der Waals surface area contributed by atoms with Crippen molar-refractivity contribution >= 4 is 39.9 Å². The molecule has 3 amide bonds. The van der Waals surface area contributed by atoms with E-state index in [-0.39, 0.29) is 18.1 Å². The van der Waals surface area contributed by atoms with E-state index in [0.717, 1.165) is 5.56 Å². The Kier molecular flexibility index (Phi) is 8.72. The first kappa shape index (κ1) is 24.9. The van der Waals surface area contributed by atoms with Gasteiger partial charge >= 0.3 is 6.03 Å². The van der Waals surface area contributed by atoms with E-state index in [1.165, 1.54) is 18.4 Å². The summed E-state index contributed by atoms with van der Waals surface area (Å²) in [6.07, 6.45) is 0.0962. The maximum absolute atomic E-state index is 13.2. The van der Waals surface area contributed by atoms with Crippen molar-refractivity contribution in [2.24, 2.45) is 0 Å². The van der Waals surface area contributed by atoms with Gasteiger partial charge in [-0.15, -0.1) is 11.3 Å². The van der Waals surface area contributed by atoms with Gasteiger partial charge in [0.25, 0.3) is 0 Å². The van der Waals surface area contributed by atoms with Crippen LogP contribution in [0, 0.1) is 6.92 Å². The highest BCUT2D eigenvalue weighted by molar-refractivity contribution is 7.14. The molecule has 10 heteroatoms. The quantitative estimate of drug-likeness (QED) is 0.300. The molecule has 1 heterocycles. The number of para-hydroxylation sites is 1. The van der Waals surface area contributed by atoms with Gasteiger partial charge in [0.05, 0.1) is 37.1 Å². The van der Waals surface area contributed by atoms with Crippen LogP contribution in [0.5, 0.6) is 5.75 Å². The Bertz CT molecular complexity index is 1180. The minimum atomic E-state index is -0.551. The van der Waals surface area contributed by atoms with Gasteiger partial charge < -0.3 is 20.1 Å². The van der Waals surface area contributed by atoms with E-state index in [4.69, 9.17) is 9.47 Å². The first-order valence-corrected chi connectivity index (χ1v) is 11.4. The second kappa shape index (κ2) is 11.9. The lowest BCUT2D eigenvalue weighted by molar-refractivity contribution is -0.120. The summed E-state index contributed by atoms with van der Waals surface area (Å²) in [5.41, 5.74) is 2.51. The molecule has 0 spiro atoms. The third kappa shape index (κ3) is 6.63. The van der Waals surface area contributed by atoms with Crippen LogP contribution in [0.4, 0.5) is 15.6 Å². The predicted octanol–water partition coefficient (Wildman–Crippen LogP) is 3.64. The Labute approximate surface area is 201 Å². The van der Waals surface area contributed by atoms with Crippen LogP contribution in [0.25, 0.3) is 0 Å². The number of amides is 3. The van der Waals surface area contributed by atoms with Gasteiger partial charge in [-0.3, -0.25) is 14.9 Å². The first-order chi connectivity index (χ1) is 16.4. The SMILES string of the molecule is COCCNC(=O)Cc1csc(NC(=O)Nc2cc(C)ccc2C(=O)c2ccccc2OC)n1. The van der Waals surface area contributed by atoms with Crippen LogP contribution in [0.2, 0.25) is 0 Å². The van der Waals surface area contributed by atoms with Crippen molar-refractivity contribution in [3.63, 3.8) is 0 Å². The Morgan fingerprint density at radius 3 is 2.59 bits per heavy atom. The van der Waals surface area contributed by atoms with Crippen LogP contribution >= 0.6 is 11.3 Å². The number of aromatic nitrogens is 1. The summed E-state index contributed by atoms with van der Waals surface area (Å²) in [6.45, 7) is 2.71. The monoisotopic (exact) mass is 482 g/mol. The lowest BCUT2D eigenvalue weighted by Gasteiger charge is -2.13. The van der Waals surface area contributed by atoms with Crippen molar-refractivity contribution in [2.45, 2.75) is 13.3 Å². The molecule has 178 valence electrons. The number of nitrogens with zero attached hydrogens (tertiary/aromatic N) is 1. The molecule has 3 aromatic rings. The summed E-state index contributed by atoms with van der Waals surface area (Å²) < 4.78 is 10.2. The van der Waals surface area contributed by atoms with E-state index in [0.29, 0.717) is 46.5 Å². The van der Waals surface area contributed by atoms with E-state index in [2.05, 4.69) is 20.9 Å². The van der Waals surface area contributed by atoms with Gasteiger partial charge in [-0.25, -0.2) is 9.78 Å². The fourth-order valence-corrected chi connectivity index (χ4v) is 3.86. The third-order valence-electron chi connectivity index (χ3n) is 4.76. The Morgan fingerprint density at radius 1 is 1.03 bits per heavy atom. The number of hydrogen-bond donors (Lipinski definition) is 3. The molecular formula is C24H26N4O5S. The molecule has 3 rings (SSSR count). The second-order valence-corrected chi connectivity index (χ2v) is 8.18. The van der Waals surface area contributed by atoms with E-state index in [1.54, 1.807) is 55.0 Å². The number of ether oxygens (including phenoxy) is 2. The molecular weight excluding hydrogens is 456 g/mol. The summed E-state index contributed by atoms with van der Waals surface area (Å²) >= 11 is 1.20. The zero-order chi connectivity index (χ0) is 24.5. The van der Waals surface area contributed by atoms with Gasteiger partial charge in [0, 0.05) is 24.6 Å². The molecule has 0 unspecified atom stereocenters. The number of methoxy groups -OCH3 is 2. The number of benzene rings is 2. The van der Waals surface area contributed by atoms with Crippen LogP contribution in [0.1, 0.15) is 27.2 Å². The maximum Gasteiger partial charge on any atom is 0.325 e. The highest BCUT2D eigenvalue weighted by Gasteiger charge is 2.19. The van der Waals surface area contributed by atoms with E-state index in [9.17, 15) is 14.4 Å². The van der Waals surface area contributed by atoms with Crippen LogP contribution in [0.15, 0.2) is 47.8 Å². The largest absolute Gasteiger partial charge is 0.496 e. The highest BCUT2D eigenvalue weighted by Crippen LogP contribution is 2.26. The summed E-state index contributed by atoms with van der Waals surface area (Å²) in [5.74, 6) is -0.00794. The van der Waals surface area contributed by atoms with Crippen molar-refractivity contribution in [1.82, 2.24) is 10.3 Å². The van der Waals surface area contributed by atoms with Crippen molar-refractivity contribution in [2.75, 3.05) is 38.0 Å². The van der Waals surface area contributed by atoms with Crippen molar-refractivity contribution in [3.05, 3.63) is 70.2 Å². The summed E-state index contributed by atoms with van der Waals surface area (Å²) in [7, 11) is 3.06. The number of aryl methyl sites for hydroxylation is 1. The molecule has 0 atom stereocenters. The number of carbonyl (C=O) groups is 3. The van der Waals surface area contributed by atoms with E-state index in [1.807, 2.05) is 6.92 Å². The maximum atomic E-state index is 13.2. The van der Waals surface area contributed by atoms with Crippen molar-refractivity contribution in [1.29, 1.82) is 0 Å². The highest BCUT2D eigenvalue weighted by atomic mass is 32.1. The zero-order valence-corrected chi connectivity index (χ0v) is 20.0. The fourth-order valence-electron chi connectivity index (χ4n) is 3.15. The number of hydrogen-bond acceptors (Lipinski definition) is 7. The zero-order valence-electron chi connectivity index (χ0n) is 19.1. The number of urea groups is 1. The average molecular weight is 483 g/mol. The number of rotatable bonds is 10. The molecule has 0 radical (unpaired) electrons. The molecule has 3 N–H and O–H groups in total. The number of anilines is 2. The predicted molar refractivity (Wildman–Crippen MR) is 131 cm³/mol. The molecule has 9 nitrogen and oxygen atoms in total. The summed E-state index contributed by atoms with van der Waals surface area (Å²) in [6, 6.07) is 11.6. The Balaban J connectivity index is 1.69. The molecule has 2 aromatic carbocycles. The summed E-state index contributed by atoms with van der Waals surface area (Å²) in [4.78, 5) is 42.0. The lowest BCUT2D eigenvalue weighted by atomic mass is 9.99. The van der Waals surface area contributed by atoms with Crippen LogP contribution < -0.4 is 20.7 Å². The Morgan fingerprint density at radius 2 is 1.82 bits per heavy atom. The number of ketones is 1. The van der Waals surface area contributed by atoms with Gasteiger partial charge in [0.15, 0.2) is 10.9 Å². The summed E-state index contributed by atoms with van der Waals surface area (Å²) in [5, 5.41) is 10.1. The second-order valence-electron chi connectivity index (χ2n) is 7.32. The lowest BCUT2D eigenvalue weighted by Crippen LogP contribution is -2.28. The smallest absolute Gasteiger partial charge is 0.325 e. The minimum absolute atomic E-state index is 0.0962. The van der Waals surface area contributed by atoms with Gasteiger partial charge in [-0.1, -0.05) is 18.2 Å². The number of nitrogens with one attached hydrogen (secondary N) is 3. The Hall–Kier alpha value is -3.76. The molecule has 0 saturated carbocycles. The molecule has 0 aliphatic heterocycles. The van der Waals surface area contributed by atoms with Crippen LogP contribution in [-0.2, 0) is 16.0 Å². The molecule has 1 aromatic heterocycles. The standard InChI is InChI=1S/C24H26N4O5S/c1-15-8-9-17(22(30)18-6-4-5-7-20(18)33-3)19(12-15)27-23(31)28-24-26-16(14-34-24)13-21(29)25-10-11-32-2/h4-9,12,14H,10-11,13H2,1-3H3,(H,25,29)(H2,26,27,28,31). The van der Waals surface area contributed by atoms with Crippen molar-refractivity contribution in [3.8, 4) is 5.75 Å². The van der Waals surface area contributed by atoms with Gasteiger partial charge in [0.1, 0.15) is 5.75 Å². The number of thiazole rings is 1. The van der Waals surface area contributed by atoms with Crippen LogP contribution in [-0.4, -0.2) is 50.1 Å². The first-order valence-electron chi connectivity index (χ1n) is 10.5. The topological polar surface area (TPSA) is 119 Å². The molecule has 0 aliphatic rings. The third-order valence-corrected chi connectivity index (χ3v) is 5.57. The van der Waals surface area contributed by atoms with E-state index >= 15 is 0 Å². The van der Waals surface area contributed by atoms with E-state index < -0.39 is 6.03 Å². The minimum Gasteiger partial charge on any atom is -0.496 e. The number of carbonyl (C=O) groups excluding carboxylic acids is 3. The van der Waals surface area contributed by atoms with Gasteiger partial charge in [-0.2, -0.15) is 0 Å². The molecule has 0 bridgehead atoms. The molecule has 0 aliphatic carbocycles. The molecule has 34 heavy (non-hydrogen) atoms. The molecule has 0 fully saturated rings. The molecule has 0 saturated heterocycles. The normalized spacial score (nSPS) is 10.4. The fraction of sp³-hybridized carbons (Fsp3) is 0.250. The average Bonchev–Trinajstić information content (AvgIpc) is 3.25. The van der Waals surface area contributed by atoms with Crippen LogP contribution in [0.3, 0.4) is 0 Å². The van der Waals surface area contributed by atoms with Gasteiger partial charge in [-0.05, 0) is 36.8 Å². The van der Waals surface area contributed by atoms with Crippen molar-refractivity contribution < 1.29 is 23.9 Å².